The lowest BCUT2D eigenvalue weighted by Crippen LogP contribution is -2.25. The molecule has 5 nitrogen and oxygen atoms in total. The fourth-order valence-corrected chi connectivity index (χ4v) is 4.81. The van der Waals surface area contributed by atoms with E-state index in [1.165, 1.54) is 34.4 Å². The van der Waals surface area contributed by atoms with Crippen molar-refractivity contribution in [2.24, 2.45) is 0 Å². The van der Waals surface area contributed by atoms with Gasteiger partial charge in [0.1, 0.15) is 11.9 Å². The highest BCUT2D eigenvalue weighted by Gasteiger charge is 2.17. The van der Waals surface area contributed by atoms with Gasteiger partial charge in [-0.3, -0.25) is 9.59 Å². The maximum Gasteiger partial charge on any atom is 0.305 e. The normalized spacial score (nSPS) is 11.3. The first-order valence-electron chi connectivity index (χ1n) is 13.9. The fourth-order valence-electron chi connectivity index (χ4n) is 3.91. The maximum atomic E-state index is 12.2. The highest BCUT2D eigenvalue weighted by Crippen LogP contribution is 2.35. The lowest BCUT2D eigenvalue weighted by atomic mass is 9.85. The number of aliphatic carboxylic acids is 1. The van der Waals surface area contributed by atoms with Gasteiger partial charge in [-0.2, -0.15) is 0 Å². The molecule has 3 aromatic rings. The number of aryl methyl sites for hydroxylation is 2. The Morgan fingerprint density at radius 2 is 1.51 bits per heavy atom. The lowest BCUT2D eigenvalue weighted by Gasteiger charge is -2.20. The zero-order valence-corrected chi connectivity index (χ0v) is 26.2. The van der Waals surface area contributed by atoms with Crippen LogP contribution in [-0.2, 0) is 10.2 Å². The molecule has 1 heterocycles. The Kier molecular flexibility index (Phi) is 14.0. The largest absolute Gasteiger partial charge is 0.485 e. The number of rotatable bonds is 8. The molecule has 2 aromatic carbocycles. The SMILES string of the molecule is CC.CCC.Cc1cc(OC(C)c2ccc(C(=O)NCCC(=O)O)s2)cc(C)c1-c1ccc(C(C)(C)C)cc1. The average molecular weight is 554 g/mol. The number of ether oxygens (including phenoxy) is 1. The third-order valence-electron chi connectivity index (χ3n) is 5.73. The first-order chi connectivity index (χ1) is 18.4. The van der Waals surface area contributed by atoms with E-state index < -0.39 is 5.97 Å². The van der Waals surface area contributed by atoms with Crippen LogP contribution in [0.4, 0.5) is 0 Å². The average Bonchev–Trinajstić information content (AvgIpc) is 3.36. The van der Waals surface area contributed by atoms with Crippen molar-refractivity contribution in [3.05, 3.63) is 75.0 Å². The van der Waals surface area contributed by atoms with Crippen LogP contribution in [0, 0.1) is 13.8 Å². The van der Waals surface area contributed by atoms with Gasteiger partial charge in [-0.1, -0.05) is 79.2 Å². The van der Waals surface area contributed by atoms with E-state index in [1.807, 2.05) is 26.8 Å². The molecule has 39 heavy (non-hydrogen) atoms. The lowest BCUT2D eigenvalue weighted by molar-refractivity contribution is -0.136. The number of amides is 1. The summed E-state index contributed by atoms with van der Waals surface area (Å²) in [6.45, 7) is 21.2. The van der Waals surface area contributed by atoms with E-state index in [0.717, 1.165) is 21.8 Å². The quantitative estimate of drug-likeness (QED) is 0.292. The molecule has 0 aliphatic rings. The van der Waals surface area contributed by atoms with Gasteiger partial charge in [0.25, 0.3) is 5.91 Å². The van der Waals surface area contributed by atoms with Crippen molar-refractivity contribution >= 4 is 23.2 Å². The summed E-state index contributed by atoms with van der Waals surface area (Å²) in [7, 11) is 0. The van der Waals surface area contributed by atoms with Gasteiger partial charge in [-0.15, -0.1) is 11.3 Å². The second-order valence-corrected chi connectivity index (χ2v) is 11.4. The van der Waals surface area contributed by atoms with Crippen LogP contribution in [-0.4, -0.2) is 23.5 Å². The van der Waals surface area contributed by atoms with Crippen LogP contribution >= 0.6 is 11.3 Å². The van der Waals surface area contributed by atoms with Crippen LogP contribution in [0.15, 0.2) is 48.5 Å². The summed E-state index contributed by atoms with van der Waals surface area (Å²) in [5, 5.41) is 11.3. The van der Waals surface area contributed by atoms with Crippen molar-refractivity contribution in [3.8, 4) is 16.9 Å². The summed E-state index contributed by atoms with van der Waals surface area (Å²) >= 11 is 1.35. The fraction of sp³-hybridized carbons (Fsp3) is 0.455. The molecule has 0 bridgehead atoms. The van der Waals surface area contributed by atoms with E-state index in [0.29, 0.717) is 4.88 Å². The van der Waals surface area contributed by atoms with Crippen molar-refractivity contribution in [1.29, 1.82) is 0 Å². The smallest absolute Gasteiger partial charge is 0.305 e. The first kappa shape index (κ1) is 33.9. The summed E-state index contributed by atoms with van der Waals surface area (Å²) < 4.78 is 6.22. The maximum absolute atomic E-state index is 12.2. The summed E-state index contributed by atoms with van der Waals surface area (Å²) in [5.41, 5.74) is 6.14. The molecule has 3 rings (SSSR count). The van der Waals surface area contributed by atoms with E-state index in [1.54, 1.807) is 6.07 Å². The zero-order valence-electron chi connectivity index (χ0n) is 25.4. The molecule has 0 spiro atoms. The number of hydrogen-bond donors (Lipinski definition) is 2. The summed E-state index contributed by atoms with van der Waals surface area (Å²) in [4.78, 5) is 24.3. The van der Waals surface area contributed by atoms with Crippen LogP contribution in [0.5, 0.6) is 5.75 Å². The molecule has 0 fully saturated rings. The molecular weight excluding hydrogens is 506 g/mol. The van der Waals surface area contributed by atoms with Crippen LogP contribution in [0.2, 0.25) is 0 Å². The number of carbonyl (C=O) groups is 2. The van der Waals surface area contributed by atoms with Gasteiger partial charge < -0.3 is 15.2 Å². The highest BCUT2D eigenvalue weighted by molar-refractivity contribution is 7.14. The van der Waals surface area contributed by atoms with Crippen molar-refractivity contribution in [1.82, 2.24) is 5.32 Å². The number of carboxylic acid groups (broad SMARTS) is 1. The molecule has 0 radical (unpaired) electrons. The Bertz CT molecular complexity index is 1170. The third kappa shape index (κ3) is 10.5. The topological polar surface area (TPSA) is 75.6 Å². The van der Waals surface area contributed by atoms with Crippen LogP contribution in [0.25, 0.3) is 11.1 Å². The van der Waals surface area contributed by atoms with Gasteiger partial charge in [-0.05, 0) is 78.3 Å². The number of thiophene rings is 1. The molecule has 0 saturated carbocycles. The van der Waals surface area contributed by atoms with Crippen molar-refractivity contribution < 1.29 is 19.4 Å². The highest BCUT2D eigenvalue weighted by atomic mass is 32.1. The predicted molar refractivity (Wildman–Crippen MR) is 165 cm³/mol. The molecule has 1 atom stereocenters. The van der Waals surface area contributed by atoms with Gasteiger partial charge >= 0.3 is 5.97 Å². The molecule has 1 aromatic heterocycles. The minimum atomic E-state index is -0.937. The van der Waals surface area contributed by atoms with Crippen LogP contribution in [0.3, 0.4) is 0 Å². The van der Waals surface area contributed by atoms with Gasteiger partial charge in [0.2, 0.25) is 0 Å². The minimum Gasteiger partial charge on any atom is -0.485 e. The molecule has 214 valence electrons. The van der Waals surface area contributed by atoms with Gasteiger partial charge in [0, 0.05) is 11.4 Å². The Balaban J connectivity index is 0.00000142. The molecule has 0 aliphatic carbocycles. The van der Waals surface area contributed by atoms with E-state index >= 15 is 0 Å². The van der Waals surface area contributed by atoms with Crippen molar-refractivity contribution in [3.63, 3.8) is 0 Å². The Hall–Kier alpha value is -3.12. The molecule has 1 amide bonds. The second kappa shape index (κ2) is 16.1. The Morgan fingerprint density at radius 1 is 0.974 bits per heavy atom. The van der Waals surface area contributed by atoms with E-state index in [2.05, 4.69) is 90.2 Å². The van der Waals surface area contributed by atoms with Crippen molar-refractivity contribution in [2.75, 3.05) is 6.54 Å². The third-order valence-corrected chi connectivity index (χ3v) is 6.98. The minimum absolute atomic E-state index is 0.0983. The molecule has 6 heteroatoms. The zero-order chi connectivity index (χ0) is 29.8. The first-order valence-corrected chi connectivity index (χ1v) is 14.7. The number of nitrogens with one attached hydrogen (secondary N) is 1. The van der Waals surface area contributed by atoms with E-state index in [-0.39, 0.29) is 30.4 Å². The second-order valence-electron chi connectivity index (χ2n) is 10.3. The van der Waals surface area contributed by atoms with Crippen LogP contribution < -0.4 is 10.1 Å². The van der Waals surface area contributed by atoms with Gasteiger partial charge in [0.15, 0.2) is 0 Å². The standard InChI is InChI=1S/C28H33NO4S.C3H8.C2H6/c1-17-15-22(16-18(2)26(17)20-7-9-21(10-8-20)28(4,5)6)33-19(3)23-11-12-24(34-23)27(32)29-14-13-25(30)31;1-3-2;1-2/h7-12,15-16,19H,13-14H2,1-6H3,(H,29,32)(H,30,31);3H2,1-2H3;1-2H3. The monoisotopic (exact) mass is 553 g/mol. The number of carbonyl (C=O) groups excluding carboxylic acids is 1. The number of benzene rings is 2. The molecule has 2 N–H and O–H groups in total. The number of hydrogen-bond acceptors (Lipinski definition) is 4. The van der Waals surface area contributed by atoms with E-state index in [4.69, 9.17) is 9.84 Å². The molecular formula is C33H47NO4S. The number of carboxylic acids is 1. The summed E-state index contributed by atoms with van der Waals surface area (Å²) in [6, 6.07) is 16.5. The summed E-state index contributed by atoms with van der Waals surface area (Å²) in [6.07, 6.45) is 0.931. The van der Waals surface area contributed by atoms with Gasteiger partial charge in [-0.25, -0.2) is 0 Å². The molecule has 1 unspecified atom stereocenters. The van der Waals surface area contributed by atoms with Crippen LogP contribution in [0.1, 0.15) is 106 Å². The summed E-state index contributed by atoms with van der Waals surface area (Å²) in [5.74, 6) is -0.413. The predicted octanol–water partition coefficient (Wildman–Crippen LogP) is 9.12. The van der Waals surface area contributed by atoms with Crippen molar-refractivity contribution in [2.45, 2.75) is 93.6 Å². The molecule has 0 aliphatic heterocycles. The Labute approximate surface area is 239 Å². The molecule has 0 saturated heterocycles. The van der Waals surface area contributed by atoms with Gasteiger partial charge in [0.05, 0.1) is 11.3 Å². The Morgan fingerprint density at radius 3 is 2.00 bits per heavy atom. The van der Waals surface area contributed by atoms with E-state index in [9.17, 15) is 9.59 Å².